The quantitative estimate of drug-likeness (QED) is 0.389. The highest BCUT2D eigenvalue weighted by molar-refractivity contribution is 5.95. The van der Waals surface area contributed by atoms with Crippen molar-refractivity contribution in [3.63, 3.8) is 0 Å². The topological polar surface area (TPSA) is 118 Å². The molecule has 0 unspecified atom stereocenters. The van der Waals surface area contributed by atoms with Gasteiger partial charge in [0, 0.05) is 11.6 Å². The lowest BCUT2D eigenvalue weighted by molar-refractivity contribution is -0.385. The van der Waals surface area contributed by atoms with Crippen LogP contribution >= 0.6 is 0 Å². The number of aromatic nitrogens is 2. The Kier molecular flexibility index (Phi) is 4.61. The molecule has 0 saturated carbocycles. The molecule has 26 heavy (non-hydrogen) atoms. The molecule has 0 fully saturated rings. The summed E-state index contributed by atoms with van der Waals surface area (Å²) in [6.07, 6.45) is 0. The van der Waals surface area contributed by atoms with Gasteiger partial charge in [-0.05, 0) is 24.3 Å². The predicted molar refractivity (Wildman–Crippen MR) is 89.7 cm³/mol. The summed E-state index contributed by atoms with van der Waals surface area (Å²) < 4.78 is 15.5. The van der Waals surface area contributed by atoms with Gasteiger partial charge in [-0.25, -0.2) is 4.79 Å². The summed E-state index contributed by atoms with van der Waals surface area (Å²) in [7, 11) is 2.67. The van der Waals surface area contributed by atoms with Crippen LogP contribution in [0.3, 0.4) is 0 Å². The van der Waals surface area contributed by atoms with Crippen LogP contribution < -0.4 is 4.74 Å². The Bertz CT molecular complexity index is 982. The summed E-state index contributed by atoms with van der Waals surface area (Å²) in [5.41, 5.74) is 0.380. The van der Waals surface area contributed by atoms with Gasteiger partial charge >= 0.3 is 5.97 Å². The summed E-state index contributed by atoms with van der Waals surface area (Å²) in [4.78, 5) is 22.2. The molecule has 0 bridgehead atoms. The molecule has 0 aliphatic carbocycles. The Hall–Kier alpha value is -3.75. The SMILES string of the molecule is COC(=O)c1cc(-c2nnc(-c3ccccc3OC)o2)ccc1[N+](=O)[O-]. The van der Waals surface area contributed by atoms with Crippen molar-refractivity contribution >= 4 is 11.7 Å². The van der Waals surface area contributed by atoms with Crippen LogP contribution in [-0.2, 0) is 4.74 Å². The Morgan fingerprint density at radius 3 is 2.54 bits per heavy atom. The number of para-hydroxylation sites is 1. The monoisotopic (exact) mass is 355 g/mol. The Morgan fingerprint density at radius 2 is 1.85 bits per heavy atom. The molecule has 0 spiro atoms. The van der Waals surface area contributed by atoms with E-state index in [4.69, 9.17) is 9.15 Å². The van der Waals surface area contributed by atoms with Crippen LogP contribution in [0.5, 0.6) is 5.75 Å². The van der Waals surface area contributed by atoms with Crippen LogP contribution in [0.2, 0.25) is 0 Å². The van der Waals surface area contributed by atoms with Crippen molar-refractivity contribution in [3.05, 3.63) is 58.1 Å². The van der Waals surface area contributed by atoms with E-state index >= 15 is 0 Å². The average molecular weight is 355 g/mol. The van der Waals surface area contributed by atoms with Crippen LogP contribution in [0, 0.1) is 10.1 Å². The summed E-state index contributed by atoms with van der Waals surface area (Å²) >= 11 is 0. The minimum atomic E-state index is -0.831. The van der Waals surface area contributed by atoms with Crippen LogP contribution in [0.1, 0.15) is 10.4 Å². The second-order valence-corrected chi connectivity index (χ2v) is 5.09. The van der Waals surface area contributed by atoms with Gasteiger partial charge in [-0.3, -0.25) is 10.1 Å². The number of benzene rings is 2. The Labute approximate surface area is 147 Å². The standard InChI is InChI=1S/C17H13N3O6/c1-24-14-6-4-3-5-11(14)16-19-18-15(26-16)10-7-8-13(20(22)23)12(9-10)17(21)25-2/h3-9H,1-2H3. The van der Waals surface area contributed by atoms with Gasteiger partial charge in [-0.2, -0.15) is 0 Å². The van der Waals surface area contributed by atoms with Gasteiger partial charge < -0.3 is 13.9 Å². The first-order valence-electron chi connectivity index (χ1n) is 7.39. The van der Waals surface area contributed by atoms with Gasteiger partial charge in [-0.15, -0.1) is 10.2 Å². The number of nitro benzene ring substituents is 1. The van der Waals surface area contributed by atoms with Gasteiger partial charge in [0.05, 0.1) is 24.7 Å². The fourth-order valence-electron chi connectivity index (χ4n) is 2.37. The van der Waals surface area contributed by atoms with Gasteiger partial charge in [0.1, 0.15) is 11.3 Å². The lowest BCUT2D eigenvalue weighted by Gasteiger charge is -2.04. The molecule has 0 aliphatic rings. The Balaban J connectivity index is 2.04. The number of hydrogen-bond acceptors (Lipinski definition) is 8. The molecule has 1 heterocycles. The molecule has 132 valence electrons. The minimum Gasteiger partial charge on any atom is -0.496 e. The van der Waals surface area contributed by atoms with Crippen molar-refractivity contribution in [1.82, 2.24) is 10.2 Å². The molecule has 9 nitrogen and oxygen atoms in total. The average Bonchev–Trinajstić information content (AvgIpc) is 3.16. The summed E-state index contributed by atoms with van der Waals surface area (Å²) in [6, 6.07) is 11.0. The van der Waals surface area contributed by atoms with E-state index in [1.807, 2.05) is 0 Å². The van der Waals surface area contributed by atoms with Crippen LogP contribution in [0.15, 0.2) is 46.9 Å². The number of hydrogen-bond donors (Lipinski definition) is 0. The molecule has 0 N–H and O–H groups in total. The first-order valence-corrected chi connectivity index (χ1v) is 7.39. The van der Waals surface area contributed by atoms with Crippen molar-refractivity contribution in [1.29, 1.82) is 0 Å². The maximum absolute atomic E-state index is 11.8. The molecule has 0 radical (unpaired) electrons. The zero-order valence-electron chi connectivity index (χ0n) is 13.8. The highest BCUT2D eigenvalue weighted by atomic mass is 16.6. The molecule has 0 saturated heterocycles. The predicted octanol–water partition coefficient (Wildman–Crippen LogP) is 3.11. The lowest BCUT2D eigenvalue weighted by Crippen LogP contribution is -2.05. The third-order valence-corrected chi connectivity index (χ3v) is 3.61. The summed E-state index contributed by atoms with van der Waals surface area (Å²) in [5.74, 6) is 0.0473. The molecule has 0 atom stereocenters. The normalized spacial score (nSPS) is 10.4. The first-order chi connectivity index (χ1) is 12.5. The molecule has 1 aromatic heterocycles. The first kappa shape index (κ1) is 17.1. The molecular formula is C17H13N3O6. The van der Waals surface area contributed by atoms with Crippen molar-refractivity contribution in [3.8, 4) is 28.7 Å². The molecular weight excluding hydrogens is 342 g/mol. The van der Waals surface area contributed by atoms with E-state index < -0.39 is 10.9 Å². The minimum absolute atomic E-state index is 0.103. The summed E-state index contributed by atoms with van der Waals surface area (Å²) in [6.45, 7) is 0. The van der Waals surface area contributed by atoms with E-state index in [-0.39, 0.29) is 23.0 Å². The lowest BCUT2D eigenvalue weighted by atomic mass is 10.1. The van der Waals surface area contributed by atoms with Gasteiger partial charge in [0.2, 0.25) is 5.89 Å². The number of carbonyl (C=O) groups excluding carboxylic acids is 1. The van der Waals surface area contributed by atoms with E-state index in [1.54, 1.807) is 24.3 Å². The smallest absolute Gasteiger partial charge is 0.344 e. The van der Waals surface area contributed by atoms with Crippen LogP contribution in [-0.4, -0.2) is 35.3 Å². The number of rotatable bonds is 5. The molecule has 0 aliphatic heterocycles. The van der Waals surface area contributed by atoms with E-state index in [9.17, 15) is 14.9 Å². The number of carbonyl (C=O) groups is 1. The maximum atomic E-state index is 11.8. The summed E-state index contributed by atoms with van der Waals surface area (Å²) in [5, 5.41) is 19.0. The van der Waals surface area contributed by atoms with Crippen molar-refractivity contribution in [2.45, 2.75) is 0 Å². The van der Waals surface area contributed by atoms with Crippen molar-refractivity contribution in [2.75, 3.05) is 14.2 Å². The molecule has 9 heteroatoms. The number of methoxy groups -OCH3 is 2. The largest absolute Gasteiger partial charge is 0.496 e. The number of esters is 1. The number of ether oxygens (including phenoxy) is 2. The van der Waals surface area contributed by atoms with Gasteiger partial charge in [0.15, 0.2) is 0 Å². The molecule has 3 rings (SSSR count). The second-order valence-electron chi connectivity index (χ2n) is 5.09. The van der Waals surface area contributed by atoms with E-state index in [2.05, 4.69) is 14.9 Å². The molecule has 0 amide bonds. The third kappa shape index (κ3) is 3.09. The van der Waals surface area contributed by atoms with E-state index in [1.165, 1.54) is 25.3 Å². The van der Waals surface area contributed by atoms with Gasteiger partial charge in [-0.1, -0.05) is 12.1 Å². The van der Waals surface area contributed by atoms with Crippen molar-refractivity contribution < 1.29 is 23.6 Å². The van der Waals surface area contributed by atoms with Gasteiger partial charge in [0.25, 0.3) is 11.6 Å². The van der Waals surface area contributed by atoms with Crippen LogP contribution in [0.25, 0.3) is 22.9 Å². The Morgan fingerprint density at radius 1 is 1.12 bits per heavy atom. The number of nitrogens with zero attached hydrogens (tertiary/aromatic N) is 3. The fourth-order valence-corrected chi connectivity index (χ4v) is 2.37. The fraction of sp³-hybridized carbons (Fsp3) is 0.118. The third-order valence-electron chi connectivity index (χ3n) is 3.61. The molecule has 3 aromatic rings. The number of nitro groups is 1. The second kappa shape index (κ2) is 7.01. The van der Waals surface area contributed by atoms with Crippen molar-refractivity contribution in [2.24, 2.45) is 0 Å². The maximum Gasteiger partial charge on any atom is 0.344 e. The highest BCUT2D eigenvalue weighted by Gasteiger charge is 2.23. The molecule has 2 aromatic carbocycles. The van der Waals surface area contributed by atoms with E-state index in [0.29, 0.717) is 16.9 Å². The zero-order chi connectivity index (χ0) is 18.7. The highest BCUT2D eigenvalue weighted by Crippen LogP contribution is 2.32. The zero-order valence-corrected chi connectivity index (χ0v) is 13.8. The van der Waals surface area contributed by atoms with Crippen LogP contribution in [0.4, 0.5) is 5.69 Å². The van der Waals surface area contributed by atoms with E-state index in [0.717, 1.165) is 7.11 Å².